The molecule has 2 atom stereocenters. The molecule has 148 valence electrons. The molecule has 2 aromatic rings. The molecule has 2 amide bonds. The molecule has 6 heteroatoms. The Kier molecular flexibility index (Phi) is 6.76. The van der Waals surface area contributed by atoms with Crippen molar-refractivity contribution < 1.29 is 14.0 Å². The largest absolute Gasteiger partial charge is 0.350 e. The van der Waals surface area contributed by atoms with Crippen molar-refractivity contribution in [2.75, 3.05) is 18.4 Å². The van der Waals surface area contributed by atoms with Crippen LogP contribution in [0.1, 0.15) is 48.1 Å². The number of carbonyl (C=O) groups excluding carboxylic acids is 2. The molecule has 1 aliphatic heterocycles. The van der Waals surface area contributed by atoms with Crippen molar-refractivity contribution in [3.05, 3.63) is 65.5 Å². The molecule has 2 aromatic carbocycles. The summed E-state index contributed by atoms with van der Waals surface area (Å²) < 4.78 is 12.9. The minimum absolute atomic E-state index is 0.0630. The highest BCUT2D eigenvalue weighted by molar-refractivity contribution is 6.04. The van der Waals surface area contributed by atoms with Crippen molar-refractivity contribution in [2.45, 2.75) is 32.2 Å². The number of benzene rings is 2. The number of anilines is 1. The lowest BCUT2D eigenvalue weighted by Crippen LogP contribution is -2.27. The van der Waals surface area contributed by atoms with E-state index in [1.807, 2.05) is 19.1 Å². The van der Waals surface area contributed by atoms with Crippen molar-refractivity contribution in [2.24, 2.45) is 5.92 Å². The molecule has 0 aliphatic carbocycles. The Bertz CT molecular complexity index is 800. The average molecular weight is 383 g/mol. The Morgan fingerprint density at radius 3 is 2.50 bits per heavy atom. The molecule has 0 radical (unpaired) electrons. The lowest BCUT2D eigenvalue weighted by atomic mass is 10.0. The van der Waals surface area contributed by atoms with Crippen LogP contribution >= 0.6 is 0 Å². The van der Waals surface area contributed by atoms with Crippen LogP contribution in [0.5, 0.6) is 0 Å². The Morgan fingerprint density at radius 2 is 1.86 bits per heavy atom. The summed E-state index contributed by atoms with van der Waals surface area (Å²) in [6.45, 7) is 4.00. The molecule has 28 heavy (non-hydrogen) atoms. The molecule has 1 saturated heterocycles. The lowest BCUT2D eigenvalue weighted by molar-refractivity contribution is -0.122. The molecule has 0 aromatic heterocycles. The normalized spacial score (nSPS) is 17.1. The van der Waals surface area contributed by atoms with Crippen molar-refractivity contribution in [1.29, 1.82) is 0 Å². The number of halogens is 1. The van der Waals surface area contributed by atoms with Crippen LogP contribution in [-0.4, -0.2) is 24.9 Å². The van der Waals surface area contributed by atoms with Gasteiger partial charge in [0.25, 0.3) is 5.91 Å². The number of hydrogen-bond donors (Lipinski definition) is 3. The van der Waals surface area contributed by atoms with Crippen LogP contribution in [0.4, 0.5) is 10.1 Å². The predicted octanol–water partition coefficient (Wildman–Crippen LogP) is 3.64. The van der Waals surface area contributed by atoms with Gasteiger partial charge in [-0.3, -0.25) is 9.59 Å². The maximum absolute atomic E-state index is 12.9. The van der Waals surface area contributed by atoms with E-state index in [4.69, 9.17) is 0 Å². The topological polar surface area (TPSA) is 70.2 Å². The summed E-state index contributed by atoms with van der Waals surface area (Å²) in [5.74, 6) is -0.00880. The van der Waals surface area contributed by atoms with Gasteiger partial charge in [0.2, 0.25) is 5.91 Å². The van der Waals surface area contributed by atoms with Gasteiger partial charge >= 0.3 is 0 Å². The zero-order valence-electron chi connectivity index (χ0n) is 16.0. The van der Waals surface area contributed by atoms with Gasteiger partial charge in [-0.05, 0) is 80.7 Å². The van der Waals surface area contributed by atoms with Crippen LogP contribution in [0, 0.1) is 11.7 Å². The van der Waals surface area contributed by atoms with E-state index < -0.39 is 0 Å². The molecular formula is C22H26FN3O2. The van der Waals surface area contributed by atoms with E-state index in [1.165, 1.54) is 24.3 Å². The number of hydrogen-bond acceptors (Lipinski definition) is 3. The Balaban J connectivity index is 1.49. The number of amides is 2. The average Bonchev–Trinajstić information content (AvgIpc) is 3.21. The second kappa shape index (κ2) is 9.46. The van der Waals surface area contributed by atoms with Gasteiger partial charge in [-0.25, -0.2) is 4.39 Å². The van der Waals surface area contributed by atoms with Crippen LogP contribution in [0.15, 0.2) is 48.5 Å². The van der Waals surface area contributed by atoms with Gasteiger partial charge in [0.1, 0.15) is 5.82 Å². The highest BCUT2D eigenvalue weighted by atomic mass is 19.1. The van der Waals surface area contributed by atoms with E-state index in [0.717, 1.165) is 31.5 Å². The summed E-state index contributed by atoms with van der Waals surface area (Å²) in [7, 11) is 0. The van der Waals surface area contributed by atoms with Crippen molar-refractivity contribution in [3.8, 4) is 0 Å². The number of nitrogens with one attached hydrogen (secondary N) is 3. The zero-order valence-corrected chi connectivity index (χ0v) is 16.0. The third-order valence-electron chi connectivity index (χ3n) is 5.09. The molecule has 2 unspecified atom stereocenters. The molecule has 5 nitrogen and oxygen atoms in total. The van der Waals surface area contributed by atoms with Crippen LogP contribution in [0.25, 0.3) is 0 Å². The summed E-state index contributed by atoms with van der Waals surface area (Å²) in [5, 5.41) is 9.13. The summed E-state index contributed by atoms with van der Waals surface area (Å²) in [6, 6.07) is 12.6. The molecule has 1 aliphatic rings. The van der Waals surface area contributed by atoms with Crippen LogP contribution in [0.2, 0.25) is 0 Å². The SMILES string of the molecule is CC(NC(=O)CCC1CCNC1)c1ccc(NC(=O)c2ccc(F)cc2)cc1. The second-order valence-electron chi connectivity index (χ2n) is 7.27. The number of carbonyl (C=O) groups is 2. The number of rotatable bonds is 7. The fraction of sp³-hybridized carbons (Fsp3) is 0.364. The van der Waals surface area contributed by atoms with Gasteiger partial charge in [-0.1, -0.05) is 12.1 Å². The quantitative estimate of drug-likeness (QED) is 0.684. The highest BCUT2D eigenvalue weighted by Gasteiger charge is 2.17. The first kappa shape index (κ1) is 20.0. The van der Waals surface area contributed by atoms with E-state index in [9.17, 15) is 14.0 Å². The first-order valence-electron chi connectivity index (χ1n) is 9.68. The summed E-state index contributed by atoms with van der Waals surface area (Å²) in [4.78, 5) is 24.3. The van der Waals surface area contributed by atoms with Crippen LogP contribution < -0.4 is 16.0 Å². The van der Waals surface area contributed by atoms with E-state index in [1.54, 1.807) is 12.1 Å². The second-order valence-corrected chi connectivity index (χ2v) is 7.27. The maximum Gasteiger partial charge on any atom is 0.255 e. The van der Waals surface area contributed by atoms with Crippen molar-refractivity contribution in [1.82, 2.24) is 10.6 Å². The smallest absolute Gasteiger partial charge is 0.255 e. The fourth-order valence-electron chi connectivity index (χ4n) is 3.35. The molecule has 3 rings (SSSR count). The van der Waals surface area contributed by atoms with Crippen molar-refractivity contribution in [3.63, 3.8) is 0 Å². The third-order valence-corrected chi connectivity index (χ3v) is 5.09. The van der Waals surface area contributed by atoms with E-state index in [0.29, 0.717) is 23.6 Å². The first-order valence-corrected chi connectivity index (χ1v) is 9.68. The van der Waals surface area contributed by atoms with E-state index >= 15 is 0 Å². The lowest BCUT2D eigenvalue weighted by Gasteiger charge is -2.16. The summed E-state index contributed by atoms with van der Waals surface area (Å²) in [5.41, 5.74) is 2.00. The molecule has 0 saturated carbocycles. The van der Waals surface area contributed by atoms with Crippen molar-refractivity contribution >= 4 is 17.5 Å². The standard InChI is InChI=1S/C22H26FN3O2/c1-15(25-21(27)11-2-16-12-13-24-14-16)17-5-9-20(10-6-17)26-22(28)18-3-7-19(23)8-4-18/h3-10,15-16,24H,2,11-14H2,1H3,(H,25,27)(H,26,28). The Morgan fingerprint density at radius 1 is 1.14 bits per heavy atom. The summed E-state index contributed by atoms with van der Waals surface area (Å²) in [6.07, 6.45) is 2.61. The van der Waals surface area contributed by atoms with E-state index in [2.05, 4.69) is 16.0 Å². The molecule has 1 heterocycles. The van der Waals surface area contributed by atoms with Crippen LogP contribution in [0.3, 0.4) is 0 Å². The Labute approximate surface area is 164 Å². The molecule has 0 bridgehead atoms. The van der Waals surface area contributed by atoms with Gasteiger partial charge in [0.05, 0.1) is 6.04 Å². The molecule has 3 N–H and O–H groups in total. The van der Waals surface area contributed by atoms with Gasteiger partial charge in [-0.2, -0.15) is 0 Å². The molecular weight excluding hydrogens is 357 g/mol. The predicted molar refractivity (Wildman–Crippen MR) is 108 cm³/mol. The van der Waals surface area contributed by atoms with Gasteiger partial charge < -0.3 is 16.0 Å². The van der Waals surface area contributed by atoms with Gasteiger partial charge in [0.15, 0.2) is 0 Å². The molecule has 0 spiro atoms. The maximum atomic E-state index is 12.9. The fourth-order valence-corrected chi connectivity index (χ4v) is 3.35. The first-order chi connectivity index (χ1) is 13.5. The van der Waals surface area contributed by atoms with Gasteiger partial charge in [0, 0.05) is 17.7 Å². The van der Waals surface area contributed by atoms with Crippen LogP contribution in [-0.2, 0) is 4.79 Å². The monoisotopic (exact) mass is 383 g/mol. The minimum Gasteiger partial charge on any atom is -0.350 e. The minimum atomic E-state index is -0.378. The van der Waals surface area contributed by atoms with E-state index in [-0.39, 0.29) is 23.7 Å². The zero-order chi connectivity index (χ0) is 19.9. The summed E-state index contributed by atoms with van der Waals surface area (Å²) >= 11 is 0. The Hall–Kier alpha value is -2.73. The van der Waals surface area contributed by atoms with Gasteiger partial charge in [-0.15, -0.1) is 0 Å². The molecule has 1 fully saturated rings. The third kappa shape index (κ3) is 5.63. The highest BCUT2D eigenvalue weighted by Crippen LogP contribution is 2.18.